The second-order valence-corrected chi connectivity index (χ2v) is 4.87. The Hall–Kier alpha value is -0.610. The van der Waals surface area contributed by atoms with Crippen LogP contribution in [-0.4, -0.2) is 36.1 Å². The van der Waals surface area contributed by atoms with Crippen molar-refractivity contribution in [1.82, 2.24) is 15.8 Å². The molecule has 86 valence electrons. The first kappa shape index (κ1) is 10.9. The molecule has 2 fully saturated rings. The Bertz CT molecular complexity index is 230. The molecule has 0 aromatic rings. The number of rotatable bonds is 2. The molecule has 2 heterocycles. The van der Waals surface area contributed by atoms with Gasteiger partial charge in [0.2, 0.25) is 5.91 Å². The first-order valence-corrected chi connectivity index (χ1v) is 5.98. The van der Waals surface area contributed by atoms with Crippen LogP contribution in [0.3, 0.4) is 0 Å². The SMILES string of the molecule is CC1CCCC(C)N1NC(=O)C1CNC1. The average molecular weight is 211 g/mol. The summed E-state index contributed by atoms with van der Waals surface area (Å²) in [7, 11) is 0. The van der Waals surface area contributed by atoms with Gasteiger partial charge < -0.3 is 5.32 Å². The van der Waals surface area contributed by atoms with E-state index in [0.717, 1.165) is 13.1 Å². The molecule has 0 radical (unpaired) electrons. The molecule has 0 bridgehead atoms. The van der Waals surface area contributed by atoms with Gasteiger partial charge in [-0.1, -0.05) is 6.42 Å². The molecule has 2 saturated heterocycles. The van der Waals surface area contributed by atoms with Crippen LogP contribution in [0.2, 0.25) is 0 Å². The van der Waals surface area contributed by atoms with Crippen LogP contribution < -0.4 is 10.7 Å². The van der Waals surface area contributed by atoms with E-state index < -0.39 is 0 Å². The molecule has 2 atom stereocenters. The van der Waals surface area contributed by atoms with Crippen LogP contribution in [0.1, 0.15) is 33.1 Å². The monoisotopic (exact) mass is 211 g/mol. The third-order valence-corrected chi connectivity index (χ3v) is 3.59. The van der Waals surface area contributed by atoms with Gasteiger partial charge in [0.25, 0.3) is 0 Å². The Labute approximate surface area is 91.4 Å². The number of hydrazine groups is 1. The number of carbonyl (C=O) groups is 1. The van der Waals surface area contributed by atoms with E-state index in [0.29, 0.717) is 12.1 Å². The summed E-state index contributed by atoms with van der Waals surface area (Å²) in [6, 6.07) is 0.955. The largest absolute Gasteiger partial charge is 0.315 e. The zero-order chi connectivity index (χ0) is 10.8. The van der Waals surface area contributed by atoms with E-state index in [1.165, 1.54) is 19.3 Å². The highest BCUT2D eigenvalue weighted by molar-refractivity contribution is 5.79. The highest BCUT2D eigenvalue weighted by atomic mass is 16.2. The summed E-state index contributed by atoms with van der Waals surface area (Å²) >= 11 is 0. The lowest BCUT2D eigenvalue weighted by atomic mass is 9.99. The molecule has 0 aromatic heterocycles. The molecule has 0 aliphatic carbocycles. The van der Waals surface area contributed by atoms with Gasteiger partial charge in [-0.2, -0.15) is 0 Å². The molecular formula is C11H21N3O. The first-order chi connectivity index (χ1) is 7.18. The minimum atomic E-state index is 0.186. The van der Waals surface area contributed by atoms with Crippen LogP contribution in [-0.2, 0) is 4.79 Å². The summed E-state index contributed by atoms with van der Waals surface area (Å²) in [5, 5.41) is 5.27. The van der Waals surface area contributed by atoms with Gasteiger partial charge in [0.05, 0.1) is 5.92 Å². The summed E-state index contributed by atoms with van der Waals surface area (Å²) in [5.41, 5.74) is 3.07. The van der Waals surface area contributed by atoms with Crippen LogP contribution in [0.4, 0.5) is 0 Å². The number of nitrogens with one attached hydrogen (secondary N) is 2. The Morgan fingerprint density at radius 2 is 1.87 bits per heavy atom. The maximum Gasteiger partial charge on any atom is 0.239 e. The molecule has 0 spiro atoms. The molecule has 0 aromatic carbocycles. The predicted octanol–water partition coefficient (Wildman–Crippen LogP) is 0.500. The Morgan fingerprint density at radius 1 is 1.27 bits per heavy atom. The molecule has 2 rings (SSSR count). The van der Waals surface area contributed by atoms with Crippen LogP contribution in [0.15, 0.2) is 0 Å². The van der Waals surface area contributed by atoms with Crippen molar-refractivity contribution in [2.75, 3.05) is 13.1 Å². The van der Waals surface area contributed by atoms with Crippen molar-refractivity contribution < 1.29 is 4.79 Å². The van der Waals surface area contributed by atoms with Crippen LogP contribution >= 0.6 is 0 Å². The smallest absolute Gasteiger partial charge is 0.239 e. The lowest BCUT2D eigenvalue weighted by molar-refractivity contribution is -0.134. The number of amides is 1. The number of piperidine rings is 1. The Morgan fingerprint density at radius 3 is 2.33 bits per heavy atom. The van der Waals surface area contributed by atoms with Crippen LogP contribution in [0, 0.1) is 5.92 Å². The molecule has 1 amide bonds. The molecule has 2 N–H and O–H groups in total. The van der Waals surface area contributed by atoms with Gasteiger partial charge in [-0.25, -0.2) is 5.01 Å². The van der Waals surface area contributed by atoms with Gasteiger partial charge in [-0.3, -0.25) is 10.2 Å². The second-order valence-electron chi connectivity index (χ2n) is 4.87. The highest BCUT2D eigenvalue weighted by Crippen LogP contribution is 2.20. The topological polar surface area (TPSA) is 44.4 Å². The van der Waals surface area contributed by atoms with Gasteiger partial charge in [0, 0.05) is 25.2 Å². The average Bonchev–Trinajstić information content (AvgIpc) is 2.08. The van der Waals surface area contributed by atoms with E-state index in [9.17, 15) is 4.79 Å². The normalized spacial score (nSPS) is 33.5. The second kappa shape index (κ2) is 4.49. The zero-order valence-corrected chi connectivity index (χ0v) is 9.62. The zero-order valence-electron chi connectivity index (χ0n) is 9.62. The van der Waals surface area contributed by atoms with E-state index in [-0.39, 0.29) is 11.8 Å². The standard InChI is InChI=1S/C11H21N3O/c1-8-4-3-5-9(2)14(8)13-11(15)10-6-12-7-10/h8-10,12H,3-7H2,1-2H3,(H,13,15). The highest BCUT2D eigenvalue weighted by Gasteiger charge is 2.30. The number of carbonyl (C=O) groups excluding carboxylic acids is 1. The van der Waals surface area contributed by atoms with Crippen molar-refractivity contribution in [3.63, 3.8) is 0 Å². The minimum Gasteiger partial charge on any atom is -0.315 e. The fraction of sp³-hybridized carbons (Fsp3) is 0.909. The fourth-order valence-corrected chi connectivity index (χ4v) is 2.33. The van der Waals surface area contributed by atoms with E-state index in [4.69, 9.17) is 0 Å². The molecular weight excluding hydrogens is 190 g/mol. The van der Waals surface area contributed by atoms with E-state index >= 15 is 0 Å². The number of hydrogen-bond donors (Lipinski definition) is 2. The van der Waals surface area contributed by atoms with Crippen molar-refractivity contribution in [1.29, 1.82) is 0 Å². The lowest BCUT2D eigenvalue weighted by Crippen LogP contribution is -2.59. The van der Waals surface area contributed by atoms with Gasteiger partial charge in [-0.05, 0) is 26.7 Å². The van der Waals surface area contributed by atoms with Crippen molar-refractivity contribution in [2.24, 2.45) is 5.92 Å². The van der Waals surface area contributed by atoms with Gasteiger partial charge in [-0.15, -0.1) is 0 Å². The maximum absolute atomic E-state index is 11.8. The Kier molecular flexibility index (Phi) is 3.26. The van der Waals surface area contributed by atoms with Crippen LogP contribution in [0.25, 0.3) is 0 Å². The van der Waals surface area contributed by atoms with Crippen molar-refractivity contribution in [3.05, 3.63) is 0 Å². The first-order valence-electron chi connectivity index (χ1n) is 5.98. The molecule has 4 nitrogen and oxygen atoms in total. The van der Waals surface area contributed by atoms with Crippen molar-refractivity contribution in [3.8, 4) is 0 Å². The third kappa shape index (κ3) is 2.32. The molecule has 2 aliphatic rings. The Balaban J connectivity index is 1.87. The fourth-order valence-electron chi connectivity index (χ4n) is 2.33. The van der Waals surface area contributed by atoms with Gasteiger partial charge >= 0.3 is 0 Å². The summed E-state index contributed by atoms with van der Waals surface area (Å²) < 4.78 is 0. The minimum absolute atomic E-state index is 0.186. The third-order valence-electron chi connectivity index (χ3n) is 3.59. The van der Waals surface area contributed by atoms with Gasteiger partial charge in [0.15, 0.2) is 0 Å². The summed E-state index contributed by atoms with van der Waals surface area (Å²) in [6.07, 6.45) is 3.65. The summed E-state index contributed by atoms with van der Waals surface area (Å²) in [4.78, 5) is 11.8. The number of nitrogens with zero attached hydrogens (tertiary/aromatic N) is 1. The quantitative estimate of drug-likeness (QED) is 0.699. The predicted molar refractivity (Wildman–Crippen MR) is 59.1 cm³/mol. The van der Waals surface area contributed by atoms with E-state index in [2.05, 4.69) is 29.6 Å². The van der Waals surface area contributed by atoms with Crippen molar-refractivity contribution >= 4 is 5.91 Å². The number of hydrogen-bond acceptors (Lipinski definition) is 3. The lowest BCUT2D eigenvalue weighted by Gasteiger charge is -2.40. The molecule has 2 unspecified atom stereocenters. The summed E-state index contributed by atoms with van der Waals surface area (Å²) in [5.74, 6) is 0.376. The van der Waals surface area contributed by atoms with E-state index in [1.54, 1.807) is 0 Å². The molecule has 15 heavy (non-hydrogen) atoms. The van der Waals surface area contributed by atoms with Crippen LogP contribution in [0.5, 0.6) is 0 Å². The van der Waals surface area contributed by atoms with E-state index in [1.807, 2.05) is 0 Å². The maximum atomic E-state index is 11.8. The molecule has 2 aliphatic heterocycles. The van der Waals surface area contributed by atoms with Crippen molar-refractivity contribution in [2.45, 2.75) is 45.2 Å². The molecule has 0 saturated carbocycles. The summed E-state index contributed by atoms with van der Waals surface area (Å²) in [6.45, 7) is 6.05. The molecule has 4 heteroatoms. The van der Waals surface area contributed by atoms with Gasteiger partial charge in [0.1, 0.15) is 0 Å².